The molecular formula is C17H19FN2S. The van der Waals surface area contributed by atoms with E-state index < -0.39 is 0 Å². The normalized spacial score (nSPS) is 17.3. The fraction of sp³-hybridized carbons (Fsp3) is 0.412. The summed E-state index contributed by atoms with van der Waals surface area (Å²) in [6.07, 6.45) is 3.68. The van der Waals surface area contributed by atoms with Crippen molar-refractivity contribution >= 4 is 17.0 Å². The highest BCUT2D eigenvalue weighted by atomic mass is 32.1. The number of fused-ring (bicyclic) bond motifs is 1. The molecule has 1 aliphatic carbocycles. The van der Waals surface area contributed by atoms with Gasteiger partial charge in [0.1, 0.15) is 5.82 Å². The second-order valence-corrected chi connectivity index (χ2v) is 7.22. The summed E-state index contributed by atoms with van der Waals surface area (Å²) < 4.78 is 13.4. The lowest BCUT2D eigenvalue weighted by Gasteiger charge is -2.18. The lowest BCUT2D eigenvalue weighted by molar-refractivity contribution is 0.627. The zero-order valence-electron chi connectivity index (χ0n) is 11.9. The minimum Gasteiger partial charge on any atom is -0.366 e. The molecule has 2 aromatic rings. The monoisotopic (exact) mass is 302 g/mol. The Balaban J connectivity index is 1.43. The molecule has 110 valence electrons. The van der Waals surface area contributed by atoms with E-state index in [-0.39, 0.29) is 5.82 Å². The van der Waals surface area contributed by atoms with Gasteiger partial charge >= 0.3 is 0 Å². The van der Waals surface area contributed by atoms with Gasteiger partial charge in [-0.1, -0.05) is 6.07 Å². The van der Waals surface area contributed by atoms with Crippen molar-refractivity contribution in [3.05, 3.63) is 51.5 Å². The fourth-order valence-corrected chi connectivity index (χ4v) is 3.89. The summed E-state index contributed by atoms with van der Waals surface area (Å²) in [5.41, 5.74) is 2.34. The Morgan fingerprint density at radius 1 is 1.19 bits per heavy atom. The van der Waals surface area contributed by atoms with Crippen molar-refractivity contribution in [2.75, 3.05) is 11.4 Å². The fourth-order valence-electron chi connectivity index (χ4n) is 2.91. The van der Waals surface area contributed by atoms with Crippen molar-refractivity contribution in [1.29, 1.82) is 0 Å². The molecule has 0 amide bonds. The second kappa shape index (κ2) is 5.43. The summed E-state index contributed by atoms with van der Waals surface area (Å²) in [7, 11) is 0. The van der Waals surface area contributed by atoms with Gasteiger partial charge in [-0.25, -0.2) is 4.39 Å². The summed E-state index contributed by atoms with van der Waals surface area (Å²) in [5, 5.41) is 3.55. The van der Waals surface area contributed by atoms with Crippen LogP contribution in [0.1, 0.15) is 28.2 Å². The zero-order valence-corrected chi connectivity index (χ0v) is 12.8. The summed E-state index contributed by atoms with van der Waals surface area (Å²) in [6, 6.07) is 10.3. The molecule has 2 aliphatic rings. The molecule has 1 aromatic heterocycles. The van der Waals surface area contributed by atoms with Crippen LogP contribution in [0.5, 0.6) is 0 Å². The van der Waals surface area contributed by atoms with E-state index in [0.717, 1.165) is 37.8 Å². The van der Waals surface area contributed by atoms with Crippen LogP contribution in [0, 0.1) is 5.82 Å². The third kappa shape index (κ3) is 2.97. The average molecular weight is 302 g/mol. The van der Waals surface area contributed by atoms with E-state index in [1.54, 1.807) is 12.1 Å². The smallest absolute Gasteiger partial charge is 0.125 e. The predicted molar refractivity (Wildman–Crippen MR) is 85.3 cm³/mol. The molecule has 2 heterocycles. The molecule has 1 saturated carbocycles. The molecule has 0 saturated heterocycles. The van der Waals surface area contributed by atoms with Crippen LogP contribution in [0.4, 0.5) is 10.1 Å². The number of benzene rings is 1. The molecule has 1 N–H and O–H groups in total. The summed E-state index contributed by atoms with van der Waals surface area (Å²) >= 11 is 1.87. The van der Waals surface area contributed by atoms with Gasteiger partial charge in [-0.2, -0.15) is 0 Å². The summed E-state index contributed by atoms with van der Waals surface area (Å²) in [5.74, 6) is -0.138. The van der Waals surface area contributed by atoms with Gasteiger partial charge in [0.05, 0.1) is 6.54 Å². The molecule has 1 aliphatic heterocycles. The van der Waals surface area contributed by atoms with Crippen LogP contribution < -0.4 is 10.2 Å². The Kier molecular flexibility index (Phi) is 3.43. The van der Waals surface area contributed by atoms with E-state index in [4.69, 9.17) is 0 Å². The third-order valence-electron chi connectivity index (χ3n) is 4.25. The molecule has 2 nitrogen and oxygen atoms in total. The van der Waals surface area contributed by atoms with Gasteiger partial charge in [0.15, 0.2) is 0 Å². The first kappa shape index (κ1) is 13.3. The van der Waals surface area contributed by atoms with E-state index in [9.17, 15) is 4.39 Å². The van der Waals surface area contributed by atoms with Crippen molar-refractivity contribution in [3.63, 3.8) is 0 Å². The van der Waals surface area contributed by atoms with E-state index >= 15 is 0 Å². The molecular weight excluding hydrogens is 283 g/mol. The Hall–Kier alpha value is -1.39. The highest BCUT2D eigenvalue weighted by molar-refractivity contribution is 7.12. The maximum atomic E-state index is 13.4. The number of thiophene rings is 1. The number of halogens is 1. The number of rotatable bonds is 5. The van der Waals surface area contributed by atoms with Crippen LogP contribution in [-0.2, 0) is 19.5 Å². The lowest BCUT2D eigenvalue weighted by Crippen LogP contribution is -2.19. The number of hydrogen-bond donors (Lipinski definition) is 1. The Labute approximate surface area is 128 Å². The number of nitrogens with one attached hydrogen (secondary N) is 1. The first-order valence-corrected chi connectivity index (χ1v) is 8.44. The van der Waals surface area contributed by atoms with Crippen LogP contribution >= 0.6 is 11.3 Å². The van der Waals surface area contributed by atoms with Crippen LogP contribution in [-0.4, -0.2) is 12.6 Å². The Morgan fingerprint density at radius 3 is 2.90 bits per heavy atom. The van der Waals surface area contributed by atoms with Crippen molar-refractivity contribution in [3.8, 4) is 0 Å². The molecule has 0 atom stereocenters. The number of hydrogen-bond acceptors (Lipinski definition) is 3. The SMILES string of the molecule is Fc1ccc2c(c1)N(Cc1ccc(CNC3CC3)s1)CC2. The quantitative estimate of drug-likeness (QED) is 0.906. The van der Waals surface area contributed by atoms with Gasteiger partial charge in [0, 0.05) is 34.6 Å². The van der Waals surface area contributed by atoms with Crippen molar-refractivity contribution in [1.82, 2.24) is 5.32 Å². The third-order valence-corrected chi connectivity index (χ3v) is 5.32. The minimum absolute atomic E-state index is 0.138. The van der Waals surface area contributed by atoms with Gasteiger partial charge in [0.2, 0.25) is 0 Å². The molecule has 1 fully saturated rings. The zero-order chi connectivity index (χ0) is 14.2. The van der Waals surface area contributed by atoms with Crippen LogP contribution in [0.2, 0.25) is 0 Å². The van der Waals surface area contributed by atoms with E-state index in [2.05, 4.69) is 22.3 Å². The molecule has 0 spiro atoms. The van der Waals surface area contributed by atoms with Gasteiger partial charge in [-0.15, -0.1) is 11.3 Å². The highest BCUT2D eigenvalue weighted by Gasteiger charge is 2.21. The average Bonchev–Trinajstić information content (AvgIpc) is 3.08. The van der Waals surface area contributed by atoms with Crippen LogP contribution in [0.15, 0.2) is 30.3 Å². The topological polar surface area (TPSA) is 15.3 Å². The van der Waals surface area contributed by atoms with Crippen molar-refractivity contribution in [2.24, 2.45) is 0 Å². The van der Waals surface area contributed by atoms with Crippen molar-refractivity contribution < 1.29 is 4.39 Å². The maximum Gasteiger partial charge on any atom is 0.125 e. The van der Waals surface area contributed by atoms with E-state index in [1.165, 1.54) is 28.2 Å². The number of nitrogens with zero attached hydrogens (tertiary/aromatic N) is 1. The van der Waals surface area contributed by atoms with E-state index in [1.807, 2.05) is 17.4 Å². The maximum absolute atomic E-state index is 13.4. The molecule has 4 rings (SSSR count). The van der Waals surface area contributed by atoms with Crippen molar-refractivity contribution in [2.45, 2.75) is 38.4 Å². The van der Waals surface area contributed by atoms with Crippen LogP contribution in [0.25, 0.3) is 0 Å². The molecule has 0 bridgehead atoms. The van der Waals surface area contributed by atoms with Crippen LogP contribution in [0.3, 0.4) is 0 Å². The summed E-state index contributed by atoms with van der Waals surface area (Å²) in [6.45, 7) is 2.87. The largest absolute Gasteiger partial charge is 0.366 e. The second-order valence-electron chi connectivity index (χ2n) is 5.97. The van der Waals surface area contributed by atoms with E-state index in [0.29, 0.717) is 0 Å². The molecule has 0 radical (unpaired) electrons. The van der Waals surface area contributed by atoms with Gasteiger partial charge in [-0.3, -0.25) is 0 Å². The standard InChI is InChI=1S/C17H19FN2S/c18-13-2-1-12-7-8-20(17(12)9-13)11-16-6-5-15(21-16)10-19-14-3-4-14/h1-2,5-6,9,14,19H,3-4,7-8,10-11H2. The van der Waals surface area contributed by atoms with Gasteiger partial charge in [0.25, 0.3) is 0 Å². The summed E-state index contributed by atoms with van der Waals surface area (Å²) in [4.78, 5) is 5.05. The lowest BCUT2D eigenvalue weighted by atomic mass is 10.2. The molecule has 21 heavy (non-hydrogen) atoms. The predicted octanol–water partition coefficient (Wildman–Crippen LogP) is 3.70. The Morgan fingerprint density at radius 2 is 2.05 bits per heavy atom. The first-order valence-electron chi connectivity index (χ1n) is 7.62. The molecule has 1 aromatic carbocycles. The first-order chi connectivity index (χ1) is 10.3. The highest BCUT2D eigenvalue weighted by Crippen LogP contribution is 2.31. The number of anilines is 1. The van der Waals surface area contributed by atoms with Gasteiger partial charge in [-0.05, 0) is 49.1 Å². The van der Waals surface area contributed by atoms with Gasteiger partial charge < -0.3 is 10.2 Å². The Bertz CT molecular complexity index is 648. The molecule has 4 heteroatoms. The minimum atomic E-state index is -0.138. The molecule has 0 unspecified atom stereocenters.